The Morgan fingerprint density at radius 1 is 1.12 bits per heavy atom. The number of allylic oxidation sites excluding steroid dienone is 1. The smallest absolute Gasteiger partial charge is 0.338 e. The highest BCUT2D eigenvalue weighted by molar-refractivity contribution is 8.14. The van der Waals surface area contributed by atoms with E-state index in [4.69, 9.17) is 39.5 Å². The summed E-state index contributed by atoms with van der Waals surface area (Å²) in [7, 11) is 0. The molecule has 0 bridgehead atoms. The van der Waals surface area contributed by atoms with Gasteiger partial charge in [-0.15, -0.1) is 0 Å². The van der Waals surface area contributed by atoms with Crippen LogP contribution in [0.1, 0.15) is 31.0 Å². The standard InChI is InChI=1S/C23H22Cl3N3O3S/c1-4-32-22(31)19-13(3)27-23(29-21(19)14-7-5-9-16(25)20(14)26)33-11-18(30)28-17-10-6-8-15(24)12(17)2/h5-10,21H,4,11H2,1-3H3,(H,27,29)(H,28,30)/t21-/m0/s1. The molecule has 0 unspecified atom stereocenters. The maximum atomic E-state index is 12.7. The Balaban J connectivity index is 1.82. The number of thioether (sulfide) groups is 1. The normalized spacial score (nSPS) is 15.6. The second-order valence-electron chi connectivity index (χ2n) is 7.11. The van der Waals surface area contributed by atoms with Crippen molar-refractivity contribution >= 4 is 69.3 Å². The van der Waals surface area contributed by atoms with Crippen molar-refractivity contribution in [3.63, 3.8) is 0 Å². The zero-order valence-electron chi connectivity index (χ0n) is 18.2. The summed E-state index contributed by atoms with van der Waals surface area (Å²) < 4.78 is 5.23. The van der Waals surface area contributed by atoms with Crippen LogP contribution in [0.4, 0.5) is 5.69 Å². The van der Waals surface area contributed by atoms with Gasteiger partial charge in [-0.1, -0.05) is 64.8 Å². The van der Waals surface area contributed by atoms with E-state index in [1.807, 2.05) is 6.92 Å². The van der Waals surface area contributed by atoms with E-state index in [1.165, 1.54) is 11.8 Å². The maximum absolute atomic E-state index is 12.7. The fourth-order valence-electron chi connectivity index (χ4n) is 3.21. The second kappa shape index (κ2) is 11.3. The first-order chi connectivity index (χ1) is 15.7. The number of benzene rings is 2. The van der Waals surface area contributed by atoms with Crippen LogP contribution in [0, 0.1) is 6.92 Å². The van der Waals surface area contributed by atoms with Crippen molar-refractivity contribution < 1.29 is 14.3 Å². The third kappa shape index (κ3) is 6.03. The van der Waals surface area contributed by atoms with Crippen LogP contribution < -0.4 is 10.6 Å². The van der Waals surface area contributed by atoms with Crippen LogP contribution in [0.5, 0.6) is 0 Å². The Hall–Kier alpha value is -2.19. The van der Waals surface area contributed by atoms with Crippen LogP contribution >= 0.6 is 46.6 Å². The highest BCUT2D eigenvalue weighted by atomic mass is 35.5. The number of esters is 1. The highest BCUT2D eigenvalue weighted by Crippen LogP contribution is 2.39. The lowest BCUT2D eigenvalue weighted by molar-refractivity contribution is -0.139. The summed E-state index contributed by atoms with van der Waals surface area (Å²) in [4.78, 5) is 29.9. The number of halogens is 3. The number of carbonyl (C=O) groups is 2. The van der Waals surface area contributed by atoms with Gasteiger partial charge in [0.2, 0.25) is 5.91 Å². The number of rotatable bonds is 6. The molecule has 0 saturated carbocycles. The summed E-state index contributed by atoms with van der Waals surface area (Å²) in [6.07, 6.45) is 0. The summed E-state index contributed by atoms with van der Waals surface area (Å²) >= 11 is 20.0. The topological polar surface area (TPSA) is 79.8 Å². The molecule has 0 fully saturated rings. The summed E-state index contributed by atoms with van der Waals surface area (Å²) in [6, 6.07) is 9.77. The zero-order chi connectivity index (χ0) is 24.1. The van der Waals surface area contributed by atoms with Gasteiger partial charge in [-0.3, -0.25) is 4.79 Å². The summed E-state index contributed by atoms with van der Waals surface area (Å²) in [5, 5.41) is 7.66. The molecular formula is C23H22Cl3N3O3S. The Labute approximate surface area is 211 Å². The van der Waals surface area contributed by atoms with Gasteiger partial charge in [-0.25, -0.2) is 9.79 Å². The van der Waals surface area contributed by atoms with Gasteiger partial charge < -0.3 is 15.4 Å². The first kappa shape index (κ1) is 25.4. The Morgan fingerprint density at radius 2 is 1.82 bits per heavy atom. The van der Waals surface area contributed by atoms with Gasteiger partial charge in [0.25, 0.3) is 0 Å². The lowest BCUT2D eigenvalue weighted by Crippen LogP contribution is -2.31. The Morgan fingerprint density at radius 3 is 2.55 bits per heavy atom. The van der Waals surface area contributed by atoms with Crippen molar-refractivity contribution in [1.82, 2.24) is 5.32 Å². The third-order valence-corrected chi connectivity index (χ3v) is 7.00. The highest BCUT2D eigenvalue weighted by Gasteiger charge is 2.32. The Kier molecular flexibility index (Phi) is 8.70. The second-order valence-corrected chi connectivity index (χ2v) is 9.27. The fraction of sp³-hybridized carbons (Fsp3) is 0.261. The number of carbonyl (C=O) groups excluding carboxylic acids is 2. The van der Waals surface area contributed by atoms with Crippen molar-refractivity contribution in [2.24, 2.45) is 4.99 Å². The van der Waals surface area contributed by atoms with Gasteiger partial charge in [-0.05, 0) is 44.5 Å². The molecule has 2 aromatic carbocycles. The van der Waals surface area contributed by atoms with E-state index in [-0.39, 0.29) is 18.3 Å². The molecule has 1 aliphatic rings. The monoisotopic (exact) mass is 525 g/mol. The number of ether oxygens (including phenoxy) is 1. The van der Waals surface area contributed by atoms with Crippen molar-refractivity contribution in [2.75, 3.05) is 17.7 Å². The molecule has 174 valence electrons. The molecule has 0 aromatic heterocycles. The van der Waals surface area contributed by atoms with E-state index in [2.05, 4.69) is 15.6 Å². The zero-order valence-corrected chi connectivity index (χ0v) is 21.3. The Bertz CT molecular complexity index is 1150. The molecule has 3 rings (SSSR count). The molecule has 0 radical (unpaired) electrons. The minimum absolute atomic E-state index is 0.0931. The minimum Gasteiger partial charge on any atom is -0.463 e. The van der Waals surface area contributed by atoms with Crippen molar-refractivity contribution in [3.05, 3.63) is 73.9 Å². The molecule has 0 spiro atoms. The number of hydrogen-bond acceptors (Lipinski definition) is 6. The predicted molar refractivity (Wildman–Crippen MR) is 136 cm³/mol. The summed E-state index contributed by atoms with van der Waals surface area (Å²) in [6.45, 7) is 5.54. The van der Waals surface area contributed by atoms with Gasteiger partial charge in [-0.2, -0.15) is 0 Å². The number of amides is 1. The number of anilines is 1. The molecule has 33 heavy (non-hydrogen) atoms. The van der Waals surface area contributed by atoms with Crippen LogP contribution in [0.2, 0.25) is 15.1 Å². The lowest BCUT2D eigenvalue weighted by Gasteiger charge is -2.26. The fourth-order valence-corrected chi connectivity index (χ4v) is 4.54. The van der Waals surface area contributed by atoms with E-state index in [9.17, 15) is 9.59 Å². The number of nitrogens with one attached hydrogen (secondary N) is 2. The van der Waals surface area contributed by atoms with Crippen LogP contribution in [-0.4, -0.2) is 29.4 Å². The predicted octanol–water partition coefficient (Wildman–Crippen LogP) is 6.16. The molecular weight excluding hydrogens is 505 g/mol. The molecule has 2 N–H and O–H groups in total. The molecule has 6 nitrogen and oxygen atoms in total. The van der Waals surface area contributed by atoms with E-state index in [0.29, 0.717) is 42.8 Å². The van der Waals surface area contributed by atoms with E-state index < -0.39 is 12.0 Å². The molecule has 1 atom stereocenters. The molecule has 10 heteroatoms. The average Bonchev–Trinajstić information content (AvgIpc) is 2.77. The lowest BCUT2D eigenvalue weighted by atomic mass is 9.96. The minimum atomic E-state index is -0.725. The van der Waals surface area contributed by atoms with E-state index >= 15 is 0 Å². The summed E-state index contributed by atoms with van der Waals surface area (Å²) in [5.74, 6) is -0.619. The van der Waals surface area contributed by atoms with E-state index in [1.54, 1.807) is 50.2 Å². The SMILES string of the molecule is CCOC(=O)C1=C(C)NC(SCC(=O)Nc2cccc(Cl)c2C)=N[C@H]1c1cccc(Cl)c1Cl. The first-order valence-electron chi connectivity index (χ1n) is 10.1. The van der Waals surface area contributed by atoms with Crippen molar-refractivity contribution in [2.45, 2.75) is 26.8 Å². The van der Waals surface area contributed by atoms with Gasteiger partial charge in [0, 0.05) is 22.0 Å². The molecule has 0 aliphatic carbocycles. The van der Waals surface area contributed by atoms with Crippen LogP contribution in [-0.2, 0) is 14.3 Å². The van der Waals surface area contributed by atoms with Crippen LogP contribution in [0.15, 0.2) is 52.7 Å². The number of aliphatic imine (C=N–C) groups is 1. The molecule has 1 amide bonds. The number of nitrogens with zero attached hydrogens (tertiary/aromatic N) is 1. The van der Waals surface area contributed by atoms with Gasteiger partial charge in [0.1, 0.15) is 6.04 Å². The molecule has 1 aliphatic heterocycles. The van der Waals surface area contributed by atoms with Crippen molar-refractivity contribution in [3.8, 4) is 0 Å². The average molecular weight is 527 g/mol. The number of hydrogen-bond donors (Lipinski definition) is 2. The number of amidine groups is 1. The van der Waals surface area contributed by atoms with Crippen LogP contribution in [0.25, 0.3) is 0 Å². The largest absolute Gasteiger partial charge is 0.463 e. The van der Waals surface area contributed by atoms with Crippen LogP contribution in [0.3, 0.4) is 0 Å². The quantitative estimate of drug-likeness (QED) is 0.440. The van der Waals surface area contributed by atoms with E-state index in [0.717, 1.165) is 5.56 Å². The van der Waals surface area contributed by atoms with Gasteiger partial charge in [0.15, 0.2) is 5.17 Å². The van der Waals surface area contributed by atoms with Crippen molar-refractivity contribution in [1.29, 1.82) is 0 Å². The first-order valence-corrected chi connectivity index (χ1v) is 12.2. The maximum Gasteiger partial charge on any atom is 0.338 e. The molecule has 2 aromatic rings. The van der Waals surface area contributed by atoms with Gasteiger partial charge >= 0.3 is 5.97 Å². The third-order valence-electron chi connectivity index (χ3n) is 4.87. The molecule has 1 heterocycles. The summed E-state index contributed by atoms with van der Waals surface area (Å²) in [5.41, 5.74) is 2.92. The molecule has 0 saturated heterocycles. The van der Waals surface area contributed by atoms with Gasteiger partial charge in [0.05, 0.1) is 28.0 Å².